The molecule has 4 aromatic heterocycles. The molecule has 0 spiro atoms. The Balaban J connectivity index is 1.22. The molecule has 0 amide bonds. The highest BCUT2D eigenvalue weighted by atomic mass is 31.2. The zero-order valence-electron chi connectivity index (χ0n) is 23.4. The zero-order valence-corrected chi connectivity index (χ0v) is 25.2. The lowest BCUT2D eigenvalue weighted by Gasteiger charge is -2.26. The molecule has 25 heteroatoms. The first-order valence-corrected chi connectivity index (χ1v) is 16.5. The number of rotatable bonds is 3. The number of fused-ring (bicyclic) bond motifs is 5. The van der Waals surface area contributed by atoms with Crippen LogP contribution in [-0.4, -0.2) is 109 Å². The quantitative estimate of drug-likeness (QED) is 0.156. The van der Waals surface area contributed by atoms with Crippen molar-refractivity contribution in [1.29, 1.82) is 0 Å². The van der Waals surface area contributed by atoms with E-state index in [1.807, 2.05) is 0 Å². The minimum absolute atomic E-state index is 0.0248. The maximum Gasteiger partial charge on any atom is 0.472 e. The van der Waals surface area contributed by atoms with Crippen molar-refractivity contribution in [1.82, 2.24) is 39.0 Å². The number of phosphoric ester groups is 1. The largest absolute Gasteiger partial charge is 0.472 e. The van der Waals surface area contributed by atoms with E-state index in [0.717, 1.165) is 6.33 Å². The number of hydrogen-bond donors (Lipinski definition) is 4. The molecule has 3 fully saturated rings. The molecule has 0 aromatic carbocycles. The van der Waals surface area contributed by atoms with Gasteiger partial charge in [-0.2, -0.15) is 4.98 Å². The van der Waals surface area contributed by atoms with Crippen molar-refractivity contribution in [3.8, 4) is 0 Å². The number of H-pyrrole nitrogens is 1. The highest BCUT2D eigenvalue weighted by molar-refractivity contribution is 7.79. The summed E-state index contributed by atoms with van der Waals surface area (Å²) >= 11 is 0. The summed E-state index contributed by atoms with van der Waals surface area (Å²) in [6.07, 6.45) is -8.52. The Morgan fingerprint density at radius 2 is 1.70 bits per heavy atom. The number of nitrogen functional groups attached to an aromatic ring is 2. The molecule has 10 atom stereocenters. The van der Waals surface area contributed by atoms with Crippen molar-refractivity contribution in [2.24, 2.45) is 0 Å². The van der Waals surface area contributed by atoms with Crippen LogP contribution in [0.2, 0.25) is 0 Å². The highest BCUT2D eigenvalue weighted by Crippen LogP contribution is 2.54. The smallest absolute Gasteiger partial charge is 0.382 e. The van der Waals surface area contributed by atoms with Gasteiger partial charge in [0.1, 0.15) is 42.4 Å². The number of alkyl halides is 1. The summed E-state index contributed by atoms with van der Waals surface area (Å²) in [7, 11) is -2.53. The molecule has 0 saturated carbocycles. The van der Waals surface area contributed by atoms with E-state index in [1.165, 1.54) is 28.9 Å². The molecule has 7 heterocycles. The van der Waals surface area contributed by atoms with Crippen molar-refractivity contribution in [3.63, 3.8) is 0 Å². The van der Waals surface area contributed by atoms with E-state index in [2.05, 4.69) is 29.9 Å². The van der Waals surface area contributed by atoms with Crippen molar-refractivity contribution in [3.05, 3.63) is 29.3 Å². The van der Waals surface area contributed by atoms with Crippen LogP contribution in [0.15, 0.2) is 23.8 Å². The predicted octanol–water partition coefficient (Wildman–Crippen LogP) is -0.534. The van der Waals surface area contributed by atoms with Gasteiger partial charge in [0, 0.05) is 7.11 Å². The number of hydrogen-bond acceptors (Lipinski definition) is 17. The summed E-state index contributed by atoms with van der Waals surface area (Å²) in [6.45, 7) is -1.41. The maximum absolute atomic E-state index is 16.0. The lowest BCUT2D eigenvalue weighted by atomic mass is 10.1. The second kappa shape index (κ2) is 11.4. The van der Waals surface area contributed by atoms with Crippen LogP contribution < -0.4 is 17.0 Å². The van der Waals surface area contributed by atoms with Gasteiger partial charge in [-0.05, 0) is 0 Å². The number of aromatic nitrogens is 8. The second-order valence-corrected chi connectivity index (χ2v) is 13.3. The summed E-state index contributed by atoms with van der Waals surface area (Å²) in [6, 6.07) is 0. The van der Waals surface area contributed by atoms with Gasteiger partial charge in [-0.15, -0.1) is 0 Å². The molecule has 4 aromatic rings. The normalized spacial score (nSPS) is 37.1. The van der Waals surface area contributed by atoms with Gasteiger partial charge in [-0.3, -0.25) is 32.5 Å². The van der Waals surface area contributed by atoms with Crippen molar-refractivity contribution < 1.29 is 50.7 Å². The van der Waals surface area contributed by atoms with Gasteiger partial charge in [0.15, 0.2) is 41.3 Å². The minimum atomic E-state index is -5.06. The SMILES string of the molecule is [B][P@]1(=O)OC[C@H]2O[C@@H](n3cnc4c(=O)[nH]c(N)nc43)[C@H](OP(=O)(O)OC[C@H]3O[C@@H](n4cnc5c(N)ncnc54)[C@H](F)[C@@H]3O1)[C@@H]2OC. The lowest BCUT2D eigenvalue weighted by molar-refractivity contribution is -0.0630. The third-order valence-corrected chi connectivity index (χ3v) is 9.59. The van der Waals surface area contributed by atoms with Crippen LogP contribution in [0, 0.1) is 0 Å². The van der Waals surface area contributed by atoms with Crippen LogP contribution >= 0.6 is 15.3 Å². The third-order valence-electron chi connectivity index (χ3n) is 7.55. The van der Waals surface area contributed by atoms with E-state index in [9.17, 15) is 18.8 Å². The third kappa shape index (κ3) is 5.41. The van der Waals surface area contributed by atoms with Gasteiger partial charge < -0.3 is 39.6 Å². The summed E-state index contributed by atoms with van der Waals surface area (Å²) in [4.78, 5) is 45.6. The Labute approximate surface area is 257 Å². The number of anilines is 2. The standard InChI is InChI=1S/C21H24BFN10O11P2/c1-38-13-8-2-39-45(22,35)43-12-7(41-19(9(12)23)32-5-28-10-15(24)26-4-27-16(10)32)3-40-46(36,37)44-14(13)20(42-8)33-6-29-11-17(33)30-21(25)31-18(11)34/h4-9,12-14,19-20H,2-3H2,1H3,(H,36,37)(H2,24,26,27)(H3,25,30,31,34)/t7-,8-,9-,12-,13-,14-,19-,20-,45+/m1/s1. The molecule has 46 heavy (non-hydrogen) atoms. The maximum atomic E-state index is 16.0. The Hall–Kier alpha value is -3.37. The molecule has 1 unspecified atom stereocenters. The molecule has 7 rings (SSSR count). The molecule has 3 aliphatic rings. The summed E-state index contributed by atoms with van der Waals surface area (Å²) in [5, 5.41) is 0. The molecule has 3 saturated heterocycles. The zero-order chi connectivity index (χ0) is 32.5. The van der Waals surface area contributed by atoms with Crippen molar-refractivity contribution in [2.75, 3.05) is 31.8 Å². The molecular weight excluding hydrogens is 660 g/mol. The molecule has 2 radical (unpaired) electrons. The van der Waals surface area contributed by atoms with E-state index in [1.54, 1.807) is 0 Å². The van der Waals surface area contributed by atoms with Gasteiger partial charge in [0.25, 0.3) is 13.0 Å². The summed E-state index contributed by atoms with van der Waals surface area (Å²) < 4.78 is 84.1. The van der Waals surface area contributed by atoms with Crippen molar-refractivity contribution in [2.45, 2.75) is 49.1 Å². The second-order valence-electron chi connectivity index (χ2n) is 10.4. The number of imidazole rings is 2. The van der Waals surface area contributed by atoms with Crippen LogP contribution in [0.25, 0.3) is 22.3 Å². The fourth-order valence-corrected chi connectivity index (χ4v) is 7.49. The first kappa shape index (κ1) is 31.2. The number of halogens is 1. The van der Waals surface area contributed by atoms with Gasteiger partial charge in [0.05, 0.1) is 25.9 Å². The lowest BCUT2D eigenvalue weighted by Crippen LogP contribution is -2.37. The van der Waals surface area contributed by atoms with Crippen LogP contribution in [0.1, 0.15) is 12.5 Å². The number of aromatic amines is 1. The minimum Gasteiger partial charge on any atom is -0.382 e. The number of ether oxygens (including phenoxy) is 3. The highest BCUT2D eigenvalue weighted by Gasteiger charge is 2.54. The number of phosphoric acid groups is 1. The first-order valence-electron chi connectivity index (χ1n) is 13.4. The molecule has 21 nitrogen and oxygen atoms in total. The number of nitrogens with one attached hydrogen (secondary N) is 1. The Kier molecular flexibility index (Phi) is 7.75. The van der Waals surface area contributed by atoms with Gasteiger partial charge in [-0.1, -0.05) is 0 Å². The van der Waals surface area contributed by atoms with Crippen LogP contribution in [0.3, 0.4) is 0 Å². The number of nitrogens with two attached hydrogens (primary N) is 2. The summed E-state index contributed by atoms with van der Waals surface area (Å²) in [5.41, 5.74) is 11.0. The molecule has 3 aliphatic heterocycles. The summed E-state index contributed by atoms with van der Waals surface area (Å²) in [5.74, 6) is -0.218. The van der Waals surface area contributed by atoms with Gasteiger partial charge in [-0.25, -0.2) is 28.9 Å². The Bertz CT molecular complexity index is 1960. The number of nitrogens with zero attached hydrogens (tertiary/aromatic N) is 7. The predicted molar refractivity (Wildman–Crippen MR) is 151 cm³/mol. The number of methoxy groups -OCH3 is 1. The molecule has 244 valence electrons. The fourth-order valence-electron chi connectivity index (χ4n) is 5.56. The fraction of sp³-hybridized carbons (Fsp3) is 0.524. The molecular formula is C21H24BFN10O11P2. The average molecular weight is 684 g/mol. The van der Waals surface area contributed by atoms with Gasteiger partial charge >= 0.3 is 7.82 Å². The van der Waals surface area contributed by atoms with Crippen LogP contribution in [0.4, 0.5) is 16.2 Å². The first-order chi connectivity index (χ1) is 21.9. The van der Waals surface area contributed by atoms with E-state index >= 15 is 4.39 Å². The van der Waals surface area contributed by atoms with E-state index in [-0.39, 0.29) is 34.1 Å². The molecule has 2 bridgehead atoms. The van der Waals surface area contributed by atoms with Gasteiger partial charge in [0.2, 0.25) is 13.5 Å². The molecule has 6 N–H and O–H groups in total. The van der Waals surface area contributed by atoms with E-state index in [4.69, 9.17) is 51.3 Å². The van der Waals surface area contributed by atoms with Crippen molar-refractivity contribution >= 4 is 57.0 Å². The average Bonchev–Trinajstić information content (AvgIpc) is 3.75. The Morgan fingerprint density at radius 3 is 2.46 bits per heavy atom. The molecule has 0 aliphatic carbocycles. The van der Waals surface area contributed by atoms with Crippen LogP contribution in [-0.2, 0) is 41.4 Å². The van der Waals surface area contributed by atoms with E-state index in [0.29, 0.717) is 0 Å². The monoisotopic (exact) mass is 684 g/mol. The van der Waals surface area contributed by atoms with E-state index < -0.39 is 83.2 Å². The van der Waals surface area contributed by atoms with Crippen LogP contribution in [0.5, 0.6) is 0 Å². The topological polar surface area (TPSA) is 278 Å². The Morgan fingerprint density at radius 1 is 1.00 bits per heavy atom.